The Kier molecular flexibility index (Phi) is 4.42. The van der Waals surface area contributed by atoms with Crippen molar-refractivity contribution in [2.24, 2.45) is 0 Å². The number of fused-ring (bicyclic) bond motifs is 1. The van der Waals surface area contributed by atoms with E-state index in [-0.39, 0.29) is 6.61 Å². The van der Waals surface area contributed by atoms with E-state index >= 15 is 0 Å². The van der Waals surface area contributed by atoms with Crippen LogP contribution in [0.15, 0.2) is 60.8 Å². The Morgan fingerprint density at radius 2 is 1.82 bits per heavy atom. The summed E-state index contributed by atoms with van der Waals surface area (Å²) in [6.45, 7) is 0.635. The fraction of sp³-hybridized carbons (Fsp3) is 0.222. The first-order valence-corrected chi connectivity index (χ1v) is 7.31. The lowest BCUT2D eigenvalue weighted by Crippen LogP contribution is -2.19. The van der Waals surface area contributed by atoms with Crippen molar-refractivity contribution in [1.29, 1.82) is 0 Å². The fourth-order valence-corrected chi connectivity index (χ4v) is 2.50. The van der Waals surface area contributed by atoms with E-state index < -0.39 is 6.10 Å². The molecule has 1 heterocycles. The number of rotatable bonds is 6. The van der Waals surface area contributed by atoms with Gasteiger partial charge in [0.15, 0.2) is 0 Å². The van der Waals surface area contributed by atoms with Gasteiger partial charge in [-0.1, -0.05) is 36.4 Å². The number of ether oxygens (including phenoxy) is 1. The second kappa shape index (κ2) is 6.64. The van der Waals surface area contributed by atoms with Crippen LogP contribution in [0.2, 0.25) is 0 Å². The average molecular weight is 297 g/mol. The van der Waals surface area contributed by atoms with Gasteiger partial charge in [0.2, 0.25) is 0 Å². The smallest absolute Gasteiger partial charge is 0.129 e. The van der Waals surface area contributed by atoms with Crippen LogP contribution in [-0.4, -0.2) is 27.5 Å². The van der Waals surface area contributed by atoms with Crippen molar-refractivity contribution >= 4 is 10.9 Å². The van der Waals surface area contributed by atoms with Crippen LogP contribution in [0.5, 0.6) is 5.75 Å². The molecule has 114 valence electrons. The molecule has 2 aromatic carbocycles. The van der Waals surface area contributed by atoms with E-state index in [4.69, 9.17) is 9.84 Å². The van der Waals surface area contributed by atoms with Gasteiger partial charge in [0.1, 0.15) is 12.4 Å². The Hall–Kier alpha value is -2.30. The molecule has 0 saturated carbocycles. The van der Waals surface area contributed by atoms with Crippen molar-refractivity contribution in [2.75, 3.05) is 6.61 Å². The summed E-state index contributed by atoms with van der Waals surface area (Å²) in [6.07, 6.45) is 1.14. The van der Waals surface area contributed by atoms with Crippen molar-refractivity contribution in [1.82, 2.24) is 4.57 Å². The van der Waals surface area contributed by atoms with Crippen molar-refractivity contribution in [3.05, 3.63) is 66.4 Å². The number of hydrogen-bond acceptors (Lipinski definition) is 3. The standard InChI is InChI=1S/C18H19NO3/c20-12-15(21)11-19-10-9-16-17(19)7-4-8-18(16)22-13-14-5-2-1-3-6-14/h1-10,15,20-21H,11-13H2. The number of benzene rings is 2. The highest BCUT2D eigenvalue weighted by atomic mass is 16.5. The predicted molar refractivity (Wildman–Crippen MR) is 85.8 cm³/mol. The highest BCUT2D eigenvalue weighted by molar-refractivity contribution is 5.86. The molecule has 3 aromatic rings. The van der Waals surface area contributed by atoms with Crippen molar-refractivity contribution in [3.63, 3.8) is 0 Å². The molecule has 0 fully saturated rings. The second-order valence-electron chi connectivity index (χ2n) is 5.27. The summed E-state index contributed by atoms with van der Waals surface area (Å²) >= 11 is 0. The zero-order chi connectivity index (χ0) is 15.4. The van der Waals surface area contributed by atoms with E-state index in [2.05, 4.69) is 0 Å². The highest BCUT2D eigenvalue weighted by Crippen LogP contribution is 2.27. The Balaban J connectivity index is 1.82. The van der Waals surface area contributed by atoms with E-state index in [9.17, 15) is 5.11 Å². The van der Waals surface area contributed by atoms with E-state index in [1.807, 2.05) is 65.4 Å². The molecule has 0 amide bonds. The molecule has 3 rings (SSSR count). The first-order valence-electron chi connectivity index (χ1n) is 7.31. The SMILES string of the molecule is OCC(O)Cn1ccc2c(OCc3ccccc3)cccc21. The van der Waals surface area contributed by atoms with Crippen molar-refractivity contribution in [2.45, 2.75) is 19.3 Å². The third-order valence-corrected chi connectivity index (χ3v) is 3.63. The predicted octanol–water partition coefficient (Wildman–Crippen LogP) is 2.57. The minimum atomic E-state index is -0.760. The lowest BCUT2D eigenvalue weighted by atomic mass is 10.2. The zero-order valence-corrected chi connectivity index (χ0v) is 12.2. The van der Waals surface area contributed by atoms with Gasteiger partial charge in [-0.15, -0.1) is 0 Å². The van der Waals surface area contributed by atoms with E-state index in [1.54, 1.807) is 0 Å². The number of nitrogens with zero attached hydrogens (tertiary/aromatic N) is 1. The molecule has 1 aromatic heterocycles. The monoisotopic (exact) mass is 297 g/mol. The molecule has 2 N–H and O–H groups in total. The summed E-state index contributed by atoms with van der Waals surface area (Å²) in [6, 6.07) is 17.9. The van der Waals surface area contributed by atoms with Gasteiger partial charge in [-0.05, 0) is 23.8 Å². The third kappa shape index (κ3) is 3.13. The van der Waals surface area contributed by atoms with Gasteiger partial charge in [-0.2, -0.15) is 0 Å². The lowest BCUT2D eigenvalue weighted by Gasteiger charge is -2.11. The first-order chi connectivity index (χ1) is 10.8. The topological polar surface area (TPSA) is 54.6 Å². The molecular formula is C18H19NO3. The average Bonchev–Trinajstić information content (AvgIpc) is 2.97. The number of aliphatic hydroxyl groups excluding tert-OH is 2. The number of hydrogen-bond donors (Lipinski definition) is 2. The van der Waals surface area contributed by atoms with Crippen molar-refractivity contribution in [3.8, 4) is 5.75 Å². The molecule has 0 aliphatic heterocycles. The van der Waals surface area contributed by atoms with Crippen LogP contribution in [-0.2, 0) is 13.2 Å². The van der Waals surface area contributed by atoms with Crippen LogP contribution in [0, 0.1) is 0 Å². The minimum Gasteiger partial charge on any atom is -0.488 e. The van der Waals surface area contributed by atoms with E-state index in [0.717, 1.165) is 22.2 Å². The van der Waals surface area contributed by atoms with Gasteiger partial charge in [-0.25, -0.2) is 0 Å². The van der Waals surface area contributed by atoms with Crippen LogP contribution < -0.4 is 4.74 Å². The van der Waals surface area contributed by atoms with Crippen LogP contribution in [0.3, 0.4) is 0 Å². The Bertz CT molecular complexity index is 736. The summed E-state index contributed by atoms with van der Waals surface area (Å²) in [4.78, 5) is 0. The van der Waals surface area contributed by atoms with Crippen LogP contribution in [0.4, 0.5) is 0 Å². The van der Waals surface area contributed by atoms with Gasteiger partial charge in [0, 0.05) is 11.6 Å². The van der Waals surface area contributed by atoms with Crippen LogP contribution in [0.1, 0.15) is 5.56 Å². The molecule has 0 aliphatic rings. The highest BCUT2D eigenvalue weighted by Gasteiger charge is 2.09. The molecular weight excluding hydrogens is 278 g/mol. The summed E-state index contributed by atoms with van der Waals surface area (Å²) in [5.41, 5.74) is 2.10. The maximum Gasteiger partial charge on any atom is 0.129 e. The minimum absolute atomic E-state index is 0.246. The van der Waals surface area contributed by atoms with Crippen molar-refractivity contribution < 1.29 is 14.9 Å². The normalized spacial score (nSPS) is 12.5. The largest absolute Gasteiger partial charge is 0.488 e. The van der Waals surface area contributed by atoms with Gasteiger partial charge in [0.05, 0.1) is 24.8 Å². The quantitative estimate of drug-likeness (QED) is 0.735. The van der Waals surface area contributed by atoms with Gasteiger partial charge < -0.3 is 19.5 Å². The maximum atomic E-state index is 9.61. The molecule has 4 nitrogen and oxygen atoms in total. The Morgan fingerprint density at radius 3 is 2.59 bits per heavy atom. The Labute approximate surface area is 129 Å². The Morgan fingerprint density at radius 1 is 1.00 bits per heavy atom. The van der Waals surface area contributed by atoms with E-state index in [1.165, 1.54) is 0 Å². The summed E-state index contributed by atoms with van der Waals surface area (Å²) in [5, 5.41) is 19.6. The van der Waals surface area contributed by atoms with Gasteiger partial charge in [0.25, 0.3) is 0 Å². The molecule has 4 heteroatoms. The third-order valence-electron chi connectivity index (χ3n) is 3.63. The number of aliphatic hydroxyl groups is 2. The van der Waals surface area contributed by atoms with E-state index in [0.29, 0.717) is 13.2 Å². The second-order valence-corrected chi connectivity index (χ2v) is 5.27. The van der Waals surface area contributed by atoms with Gasteiger partial charge >= 0.3 is 0 Å². The van der Waals surface area contributed by atoms with Crippen LogP contribution in [0.25, 0.3) is 10.9 Å². The molecule has 1 atom stereocenters. The molecule has 1 unspecified atom stereocenters. The first kappa shape index (κ1) is 14.6. The number of aromatic nitrogens is 1. The molecule has 0 bridgehead atoms. The maximum absolute atomic E-state index is 9.61. The molecule has 0 spiro atoms. The van der Waals surface area contributed by atoms with Gasteiger partial charge in [-0.3, -0.25) is 0 Å². The molecule has 0 aliphatic carbocycles. The fourth-order valence-electron chi connectivity index (χ4n) is 2.50. The molecule has 0 radical (unpaired) electrons. The molecule has 0 saturated heterocycles. The summed E-state index contributed by atoms with van der Waals surface area (Å²) in [5.74, 6) is 0.818. The lowest BCUT2D eigenvalue weighted by molar-refractivity contribution is 0.0822. The summed E-state index contributed by atoms with van der Waals surface area (Å²) < 4.78 is 7.85. The van der Waals surface area contributed by atoms with Crippen LogP contribution >= 0.6 is 0 Å². The molecule has 22 heavy (non-hydrogen) atoms. The zero-order valence-electron chi connectivity index (χ0n) is 12.2. The summed E-state index contributed by atoms with van der Waals surface area (Å²) in [7, 11) is 0.